The Morgan fingerprint density at radius 2 is 1.76 bits per heavy atom. The standard InChI is InChI=1S/C21H30N2O2/c1-21(2,3)17-7-4-5-8-18(17)22-20(25)15-10-12-16(13-11-15)23-14-6-9-19(23)24/h10-13,17-18H,4-9,14H2,1-3H3,(H,22,25). The number of carbonyl (C=O) groups is 2. The summed E-state index contributed by atoms with van der Waals surface area (Å²) >= 11 is 0. The molecule has 4 nitrogen and oxygen atoms in total. The molecule has 1 aliphatic carbocycles. The molecule has 3 rings (SSSR count). The maximum absolute atomic E-state index is 12.7. The summed E-state index contributed by atoms with van der Waals surface area (Å²) in [5, 5.41) is 3.27. The van der Waals surface area contributed by atoms with E-state index in [0.29, 0.717) is 17.9 Å². The summed E-state index contributed by atoms with van der Waals surface area (Å²) < 4.78 is 0. The van der Waals surface area contributed by atoms with E-state index < -0.39 is 0 Å². The molecule has 0 aromatic heterocycles. The lowest BCUT2D eigenvalue weighted by atomic mass is 9.69. The van der Waals surface area contributed by atoms with Gasteiger partial charge in [-0.2, -0.15) is 0 Å². The second-order valence-corrected chi connectivity index (χ2v) is 8.53. The Bertz CT molecular complexity index is 630. The highest BCUT2D eigenvalue weighted by atomic mass is 16.2. The third-order valence-corrected chi connectivity index (χ3v) is 5.71. The van der Waals surface area contributed by atoms with Gasteiger partial charge in [-0.05, 0) is 54.9 Å². The summed E-state index contributed by atoms with van der Waals surface area (Å²) in [6, 6.07) is 7.71. The van der Waals surface area contributed by atoms with Crippen LogP contribution in [0.25, 0.3) is 0 Å². The van der Waals surface area contributed by atoms with E-state index in [9.17, 15) is 9.59 Å². The van der Waals surface area contributed by atoms with Crippen molar-refractivity contribution in [2.75, 3.05) is 11.4 Å². The van der Waals surface area contributed by atoms with Crippen molar-refractivity contribution in [2.45, 2.75) is 65.3 Å². The fourth-order valence-corrected chi connectivity index (χ4v) is 4.31. The van der Waals surface area contributed by atoms with Gasteiger partial charge in [0.2, 0.25) is 5.91 Å². The van der Waals surface area contributed by atoms with E-state index in [0.717, 1.165) is 25.1 Å². The maximum Gasteiger partial charge on any atom is 0.251 e. The summed E-state index contributed by atoms with van der Waals surface area (Å²) in [6.07, 6.45) is 6.23. The number of hydrogen-bond donors (Lipinski definition) is 1. The van der Waals surface area contributed by atoms with Crippen molar-refractivity contribution >= 4 is 17.5 Å². The van der Waals surface area contributed by atoms with Crippen LogP contribution in [0.4, 0.5) is 5.69 Å². The number of rotatable bonds is 3. The molecule has 2 fully saturated rings. The van der Waals surface area contributed by atoms with E-state index in [1.807, 2.05) is 24.3 Å². The average molecular weight is 342 g/mol. The smallest absolute Gasteiger partial charge is 0.251 e. The van der Waals surface area contributed by atoms with Gasteiger partial charge in [0.05, 0.1) is 0 Å². The zero-order valence-corrected chi connectivity index (χ0v) is 15.7. The van der Waals surface area contributed by atoms with E-state index in [1.165, 1.54) is 19.3 Å². The highest BCUT2D eigenvalue weighted by Gasteiger charge is 2.35. The number of amides is 2. The molecule has 1 aromatic rings. The molecule has 136 valence electrons. The van der Waals surface area contributed by atoms with Crippen LogP contribution in [0.15, 0.2) is 24.3 Å². The van der Waals surface area contributed by atoms with Crippen LogP contribution >= 0.6 is 0 Å². The Morgan fingerprint density at radius 1 is 1.08 bits per heavy atom. The maximum atomic E-state index is 12.7. The molecule has 1 heterocycles. The van der Waals surface area contributed by atoms with Crippen molar-refractivity contribution < 1.29 is 9.59 Å². The molecule has 1 saturated heterocycles. The summed E-state index contributed by atoms with van der Waals surface area (Å²) in [4.78, 5) is 26.3. The van der Waals surface area contributed by atoms with Gasteiger partial charge in [0, 0.05) is 30.3 Å². The Morgan fingerprint density at radius 3 is 2.36 bits per heavy atom. The first kappa shape index (κ1) is 18.0. The highest BCUT2D eigenvalue weighted by Crippen LogP contribution is 2.38. The summed E-state index contributed by atoms with van der Waals surface area (Å²) in [5.41, 5.74) is 1.77. The van der Waals surface area contributed by atoms with Crippen molar-refractivity contribution in [2.24, 2.45) is 11.3 Å². The largest absolute Gasteiger partial charge is 0.349 e. The predicted octanol–water partition coefficient (Wildman–Crippen LogP) is 4.15. The number of hydrogen-bond acceptors (Lipinski definition) is 2. The molecular weight excluding hydrogens is 312 g/mol. The zero-order chi connectivity index (χ0) is 18.0. The number of nitrogens with one attached hydrogen (secondary N) is 1. The van der Waals surface area contributed by atoms with Crippen molar-refractivity contribution in [3.63, 3.8) is 0 Å². The van der Waals surface area contributed by atoms with Gasteiger partial charge in [0.1, 0.15) is 0 Å². The SMILES string of the molecule is CC(C)(C)C1CCCCC1NC(=O)c1ccc(N2CCCC2=O)cc1. The van der Waals surface area contributed by atoms with Crippen molar-refractivity contribution in [3.05, 3.63) is 29.8 Å². The van der Waals surface area contributed by atoms with Gasteiger partial charge in [0.25, 0.3) is 5.91 Å². The molecule has 0 bridgehead atoms. The molecule has 1 N–H and O–H groups in total. The molecule has 1 aromatic carbocycles. The fraction of sp³-hybridized carbons (Fsp3) is 0.619. The molecule has 2 aliphatic rings. The van der Waals surface area contributed by atoms with Gasteiger partial charge in [-0.3, -0.25) is 9.59 Å². The van der Waals surface area contributed by atoms with Gasteiger partial charge in [-0.1, -0.05) is 33.6 Å². The highest BCUT2D eigenvalue weighted by molar-refractivity contribution is 5.97. The molecule has 0 radical (unpaired) electrons. The van der Waals surface area contributed by atoms with Gasteiger partial charge >= 0.3 is 0 Å². The van der Waals surface area contributed by atoms with E-state index >= 15 is 0 Å². The molecular formula is C21H30N2O2. The molecule has 25 heavy (non-hydrogen) atoms. The number of benzene rings is 1. The number of nitrogens with zero attached hydrogens (tertiary/aromatic N) is 1. The first-order valence-corrected chi connectivity index (χ1v) is 9.57. The van der Waals surface area contributed by atoms with Gasteiger partial charge in [-0.15, -0.1) is 0 Å². The second-order valence-electron chi connectivity index (χ2n) is 8.53. The third-order valence-electron chi connectivity index (χ3n) is 5.71. The monoisotopic (exact) mass is 342 g/mol. The van der Waals surface area contributed by atoms with E-state index in [4.69, 9.17) is 0 Å². The van der Waals surface area contributed by atoms with Crippen LogP contribution in [0.3, 0.4) is 0 Å². The lowest BCUT2D eigenvalue weighted by Crippen LogP contribution is -2.46. The molecule has 1 aliphatic heterocycles. The van der Waals surface area contributed by atoms with E-state index in [1.54, 1.807) is 4.90 Å². The van der Waals surface area contributed by atoms with Crippen LogP contribution in [-0.4, -0.2) is 24.4 Å². The first-order chi connectivity index (χ1) is 11.9. The number of carbonyl (C=O) groups excluding carboxylic acids is 2. The first-order valence-electron chi connectivity index (χ1n) is 9.57. The van der Waals surface area contributed by atoms with Gasteiger partial charge in [0.15, 0.2) is 0 Å². The summed E-state index contributed by atoms with van der Waals surface area (Å²) in [5.74, 6) is 0.694. The van der Waals surface area contributed by atoms with Crippen LogP contribution < -0.4 is 10.2 Å². The van der Waals surface area contributed by atoms with Gasteiger partial charge < -0.3 is 10.2 Å². The molecule has 2 atom stereocenters. The minimum Gasteiger partial charge on any atom is -0.349 e. The van der Waals surface area contributed by atoms with Crippen LogP contribution in [0.2, 0.25) is 0 Å². The fourth-order valence-electron chi connectivity index (χ4n) is 4.31. The van der Waals surface area contributed by atoms with Crippen molar-refractivity contribution in [1.29, 1.82) is 0 Å². The Hall–Kier alpha value is -1.84. The predicted molar refractivity (Wildman–Crippen MR) is 101 cm³/mol. The normalized spacial score (nSPS) is 24.4. The Labute approximate surface area is 151 Å². The lowest BCUT2D eigenvalue weighted by molar-refractivity contribution is -0.117. The second kappa shape index (κ2) is 7.19. The van der Waals surface area contributed by atoms with Crippen molar-refractivity contribution in [1.82, 2.24) is 5.32 Å². The third kappa shape index (κ3) is 4.05. The average Bonchev–Trinajstić information content (AvgIpc) is 3.00. The molecule has 1 saturated carbocycles. The van der Waals surface area contributed by atoms with Crippen LogP contribution in [-0.2, 0) is 4.79 Å². The zero-order valence-electron chi connectivity index (χ0n) is 15.7. The van der Waals surface area contributed by atoms with Crippen LogP contribution in [0.5, 0.6) is 0 Å². The topological polar surface area (TPSA) is 49.4 Å². The van der Waals surface area contributed by atoms with Crippen molar-refractivity contribution in [3.8, 4) is 0 Å². The Kier molecular flexibility index (Phi) is 5.16. The van der Waals surface area contributed by atoms with Crippen LogP contribution in [0, 0.1) is 11.3 Å². The molecule has 4 heteroatoms. The van der Waals surface area contributed by atoms with Gasteiger partial charge in [-0.25, -0.2) is 0 Å². The molecule has 0 spiro atoms. The number of anilines is 1. The quantitative estimate of drug-likeness (QED) is 0.897. The molecule has 2 unspecified atom stereocenters. The summed E-state index contributed by atoms with van der Waals surface area (Å²) in [7, 11) is 0. The molecule has 2 amide bonds. The Balaban J connectivity index is 1.67. The minimum absolute atomic E-state index is 0.000415. The lowest BCUT2D eigenvalue weighted by Gasteiger charge is -2.40. The summed E-state index contributed by atoms with van der Waals surface area (Å²) in [6.45, 7) is 7.58. The van der Waals surface area contributed by atoms with E-state index in [2.05, 4.69) is 26.1 Å². The van der Waals surface area contributed by atoms with E-state index in [-0.39, 0.29) is 23.3 Å². The van der Waals surface area contributed by atoms with Crippen LogP contribution in [0.1, 0.15) is 69.7 Å². The minimum atomic E-state index is 0.000415.